The fourth-order valence-electron chi connectivity index (χ4n) is 1.42. The van der Waals surface area contributed by atoms with Gasteiger partial charge in [-0.1, -0.05) is 0 Å². The Morgan fingerprint density at radius 1 is 1.07 bits per heavy atom. The molecule has 0 spiro atoms. The van der Waals surface area contributed by atoms with Crippen LogP contribution >= 0.6 is 11.6 Å². The van der Waals surface area contributed by atoms with Crippen molar-refractivity contribution in [2.24, 2.45) is 0 Å². The van der Waals surface area contributed by atoms with Crippen LogP contribution in [0, 0.1) is 13.0 Å². The lowest BCUT2D eigenvalue weighted by Crippen LogP contribution is -2.00. The van der Waals surface area contributed by atoms with E-state index in [1.54, 1.807) is 21.3 Å². The van der Waals surface area contributed by atoms with Crippen LogP contribution in [0.25, 0.3) is 0 Å². The molecule has 1 radical (unpaired) electrons. The SMILES string of the molecule is COc1[c]c(C)c(CCl)c(OC)c1OC. The Balaban J connectivity index is 3.44. The fourth-order valence-corrected chi connectivity index (χ4v) is 1.74. The third-order valence-electron chi connectivity index (χ3n) is 2.19. The number of alkyl halides is 1. The van der Waals surface area contributed by atoms with E-state index in [0.29, 0.717) is 23.1 Å². The molecule has 0 bridgehead atoms. The van der Waals surface area contributed by atoms with Crippen molar-refractivity contribution in [1.29, 1.82) is 0 Å². The van der Waals surface area contributed by atoms with Crippen molar-refractivity contribution in [3.63, 3.8) is 0 Å². The van der Waals surface area contributed by atoms with E-state index in [4.69, 9.17) is 25.8 Å². The van der Waals surface area contributed by atoms with Crippen LogP contribution in [0.4, 0.5) is 0 Å². The number of aryl methyl sites for hydroxylation is 1. The van der Waals surface area contributed by atoms with Crippen LogP contribution in [0.15, 0.2) is 0 Å². The normalized spacial score (nSPS) is 9.93. The van der Waals surface area contributed by atoms with Gasteiger partial charge in [0.1, 0.15) is 0 Å². The molecular formula is C11H14ClO3. The van der Waals surface area contributed by atoms with Crippen LogP contribution < -0.4 is 14.2 Å². The fraction of sp³-hybridized carbons (Fsp3) is 0.455. The maximum absolute atomic E-state index is 5.84. The number of hydrogen-bond donors (Lipinski definition) is 0. The molecule has 0 amide bonds. The van der Waals surface area contributed by atoms with Crippen molar-refractivity contribution in [3.8, 4) is 17.2 Å². The lowest BCUT2D eigenvalue weighted by atomic mass is 10.1. The van der Waals surface area contributed by atoms with E-state index in [1.807, 2.05) is 6.92 Å². The largest absolute Gasteiger partial charge is 0.492 e. The molecule has 83 valence electrons. The zero-order valence-corrected chi connectivity index (χ0v) is 10.1. The van der Waals surface area contributed by atoms with Gasteiger partial charge < -0.3 is 14.2 Å². The van der Waals surface area contributed by atoms with Gasteiger partial charge >= 0.3 is 0 Å². The van der Waals surface area contributed by atoms with Crippen LogP contribution in [0.2, 0.25) is 0 Å². The Bertz CT molecular complexity index is 350. The minimum Gasteiger partial charge on any atom is -0.492 e. The highest BCUT2D eigenvalue weighted by atomic mass is 35.5. The maximum atomic E-state index is 5.84. The highest BCUT2D eigenvalue weighted by molar-refractivity contribution is 6.17. The Labute approximate surface area is 94.9 Å². The number of halogens is 1. The van der Waals surface area contributed by atoms with Gasteiger partial charge in [-0.25, -0.2) is 0 Å². The molecule has 1 aromatic carbocycles. The summed E-state index contributed by atoms with van der Waals surface area (Å²) in [4.78, 5) is 0. The third kappa shape index (κ3) is 2.12. The van der Waals surface area contributed by atoms with E-state index < -0.39 is 0 Å². The summed E-state index contributed by atoms with van der Waals surface area (Å²) in [5, 5.41) is 0. The van der Waals surface area contributed by atoms with Crippen LogP contribution in [-0.4, -0.2) is 21.3 Å². The molecule has 0 aliphatic heterocycles. The smallest absolute Gasteiger partial charge is 0.204 e. The van der Waals surface area contributed by atoms with E-state index in [-0.39, 0.29) is 0 Å². The summed E-state index contributed by atoms with van der Waals surface area (Å²) in [5.74, 6) is 2.02. The third-order valence-corrected chi connectivity index (χ3v) is 2.45. The highest BCUT2D eigenvalue weighted by Crippen LogP contribution is 2.41. The molecule has 4 heteroatoms. The second kappa shape index (κ2) is 5.12. The van der Waals surface area contributed by atoms with Crippen molar-refractivity contribution < 1.29 is 14.2 Å². The number of rotatable bonds is 4. The van der Waals surface area contributed by atoms with Crippen molar-refractivity contribution >= 4 is 11.6 Å². The van der Waals surface area contributed by atoms with E-state index in [1.165, 1.54) is 0 Å². The second-order valence-electron chi connectivity index (χ2n) is 2.96. The Morgan fingerprint density at radius 2 is 1.67 bits per heavy atom. The van der Waals surface area contributed by atoms with Crippen LogP contribution in [-0.2, 0) is 5.88 Å². The second-order valence-corrected chi connectivity index (χ2v) is 3.23. The van der Waals surface area contributed by atoms with Gasteiger partial charge in [0.2, 0.25) is 5.75 Å². The van der Waals surface area contributed by atoms with E-state index >= 15 is 0 Å². The molecule has 0 atom stereocenters. The zero-order valence-electron chi connectivity index (χ0n) is 9.31. The molecular weight excluding hydrogens is 216 g/mol. The quantitative estimate of drug-likeness (QED) is 0.743. The summed E-state index contributed by atoms with van der Waals surface area (Å²) in [6, 6.07) is 3.06. The molecule has 0 fully saturated rings. The predicted octanol–water partition coefficient (Wildman–Crippen LogP) is 2.56. The summed E-state index contributed by atoms with van der Waals surface area (Å²) >= 11 is 5.84. The van der Waals surface area contributed by atoms with Crippen LogP contribution in [0.5, 0.6) is 17.2 Å². The van der Waals surface area contributed by atoms with Gasteiger partial charge in [-0.3, -0.25) is 0 Å². The molecule has 0 heterocycles. The molecule has 0 unspecified atom stereocenters. The van der Waals surface area contributed by atoms with Crippen LogP contribution in [0.3, 0.4) is 0 Å². The number of benzene rings is 1. The molecule has 0 N–H and O–H groups in total. The molecule has 0 aliphatic carbocycles. The first-order chi connectivity index (χ1) is 7.19. The topological polar surface area (TPSA) is 27.7 Å². The first kappa shape index (κ1) is 12.0. The van der Waals surface area contributed by atoms with E-state index in [9.17, 15) is 0 Å². The van der Waals surface area contributed by atoms with Gasteiger partial charge in [-0.05, 0) is 12.5 Å². The summed E-state index contributed by atoms with van der Waals surface area (Å²) < 4.78 is 15.6. The summed E-state index contributed by atoms with van der Waals surface area (Å²) in [5.41, 5.74) is 1.77. The highest BCUT2D eigenvalue weighted by Gasteiger charge is 2.18. The summed E-state index contributed by atoms with van der Waals surface area (Å²) in [7, 11) is 4.70. The Hall–Kier alpha value is -1.09. The lowest BCUT2D eigenvalue weighted by molar-refractivity contribution is 0.322. The molecule has 1 rings (SSSR count). The van der Waals surface area contributed by atoms with Crippen LogP contribution in [0.1, 0.15) is 11.1 Å². The summed E-state index contributed by atoms with van der Waals surface area (Å²) in [6.07, 6.45) is 0. The predicted molar refractivity (Wildman–Crippen MR) is 59.2 cm³/mol. The minimum absolute atomic E-state index is 0.353. The van der Waals surface area contributed by atoms with Gasteiger partial charge in [-0.2, -0.15) is 0 Å². The zero-order chi connectivity index (χ0) is 11.4. The molecule has 15 heavy (non-hydrogen) atoms. The minimum atomic E-state index is 0.353. The van der Waals surface area contributed by atoms with Crippen molar-refractivity contribution in [2.75, 3.05) is 21.3 Å². The van der Waals surface area contributed by atoms with E-state index in [0.717, 1.165) is 11.1 Å². The molecule has 0 saturated carbocycles. The molecule has 0 aromatic heterocycles. The first-order valence-electron chi connectivity index (χ1n) is 4.46. The maximum Gasteiger partial charge on any atom is 0.204 e. The standard InChI is InChI=1S/C11H14ClO3/c1-7-5-9(13-2)11(15-4)10(14-3)8(7)6-12/h6H2,1-4H3. The Morgan fingerprint density at radius 3 is 2.07 bits per heavy atom. The van der Waals surface area contributed by atoms with Gasteiger partial charge in [0.05, 0.1) is 27.2 Å². The molecule has 3 nitrogen and oxygen atoms in total. The lowest BCUT2D eigenvalue weighted by Gasteiger charge is -2.16. The Kier molecular flexibility index (Phi) is 4.09. The van der Waals surface area contributed by atoms with Crippen molar-refractivity contribution in [2.45, 2.75) is 12.8 Å². The van der Waals surface area contributed by atoms with Gasteiger partial charge in [-0.15, -0.1) is 11.6 Å². The number of methoxy groups -OCH3 is 3. The molecule has 0 aliphatic rings. The molecule has 1 aromatic rings. The average molecular weight is 230 g/mol. The van der Waals surface area contributed by atoms with Gasteiger partial charge in [0.25, 0.3) is 0 Å². The number of ether oxygens (including phenoxy) is 3. The molecule has 0 saturated heterocycles. The van der Waals surface area contributed by atoms with Gasteiger partial charge in [0, 0.05) is 11.6 Å². The summed E-state index contributed by atoms with van der Waals surface area (Å²) in [6.45, 7) is 1.90. The van der Waals surface area contributed by atoms with Gasteiger partial charge in [0.15, 0.2) is 11.5 Å². The van der Waals surface area contributed by atoms with E-state index in [2.05, 4.69) is 6.07 Å². The van der Waals surface area contributed by atoms with Crippen molar-refractivity contribution in [1.82, 2.24) is 0 Å². The first-order valence-corrected chi connectivity index (χ1v) is 4.99. The number of hydrogen-bond acceptors (Lipinski definition) is 3. The monoisotopic (exact) mass is 229 g/mol. The van der Waals surface area contributed by atoms with Crippen molar-refractivity contribution in [3.05, 3.63) is 17.2 Å². The average Bonchev–Trinajstić information content (AvgIpc) is 2.27.